The van der Waals surface area contributed by atoms with Crippen LogP contribution in [0.4, 0.5) is 4.79 Å². The Labute approximate surface area is 78.4 Å². The van der Waals surface area contributed by atoms with Gasteiger partial charge in [-0.05, 0) is 19.8 Å². The molecule has 1 aliphatic rings. The van der Waals surface area contributed by atoms with Crippen molar-refractivity contribution in [1.29, 1.82) is 0 Å². The minimum atomic E-state index is -0.413. The van der Waals surface area contributed by atoms with Gasteiger partial charge in [-0.1, -0.05) is 19.3 Å². The number of carbonyl (C=O) groups excluding carboxylic acids is 1. The van der Waals surface area contributed by atoms with E-state index in [0.717, 1.165) is 25.7 Å². The van der Waals surface area contributed by atoms with Gasteiger partial charge in [0.2, 0.25) is 0 Å². The molecule has 0 bridgehead atoms. The Morgan fingerprint density at radius 3 is 2.38 bits per heavy atom. The van der Waals surface area contributed by atoms with E-state index in [4.69, 9.17) is 11.7 Å². The molecule has 0 aromatic heterocycles. The van der Waals surface area contributed by atoms with Crippen molar-refractivity contribution < 1.29 is 4.79 Å². The minimum absolute atomic E-state index is 0.221. The van der Waals surface area contributed by atoms with E-state index in [1.807, 2.05) is 12.3 Å². The lowest BCUT2D eigenvalue weighted by atomic mass is 9.83. The van der Waals surface area contributed by atoms with E-state index in [1.165, 1.54) is 11.4 Å². The number of nitrogens with zero attached hydrogens (tertiary/aromatic N) is 1. The van der Waals surface area contributed by atoms with Crippen molar-refractivity contribution in [3.05, 3.63) is 0 Å². The van der Waals surface area contributed by atoms with Crippen LogP contribution in [-0.2, 0) is 0 Å². The lowest BCUT2D eigenvalue weighted by Gasteiger charge is -2.40. The van der Waals surface area contributed by atoms with Crippen LogP contribution in [0.25, 0.3) is 0 Å². The Morgan fingerprint density at radius 1 is 1.38 bits per heavy atom. The number of hydrazine groups is 2. The molecule has 5 N–H and O–H groups in total. The summed E-state index contributed by atoms with van der Waals surface area (Å²) < 4.78 is 0. The number of amides is 2. The largest absolute Gasteiger partial charge is 0.346 e. The van der Waals surface area contributed by atoms with Crippen molar-refractivity contribution in [3.8, 4) is 0 Å². The van der Waals surface area contributed by atoms with Crippen LogP contribution in [0.3, 0.4) is 0 Å². The molecular weight excluding hydrogens is 168 g/mol. The van der Waals surface area contributed by atoms with E-state index < -0.39 is 6.03 Å². The van der Waals surface area contributed by atoms with E-state index in [9.17, 15) is 4.79 Å². The van der Waals surface area contributed by atoms with Crippen molar-refractivity contribution >= 4 is 6.03 Å². The van der Waals surface area contributed by atoms with Gasteiger partial charge in [0, 0.05) is 0 Å². The fourth-order valence-corrected chi connectivity index (χ4v) is 1.87. The maximum atomic E-state index is 11.2. The van der Waals surface area contributed by atoms with Crippen LogP contribution < -0.4 is 17.1 Å². The second-order valence-corrected chi connectivity index (χ2v) is 3.88. The zero-order chi connectivity index (χ0) is 9.90. The molecule has 0 saturated heterocycles. The predicted molar refractivity (Wildman–Crippen MR) is 50.2 cm³/mol. The summed E-state index contributed by atoms with van der Waals surface area (Å²) in [6.07, 6.45) is 5.39. The maximum Gasteiger partial charge on any atom is 0.346 e. The number of hydrogen-bond acceptors (Lipinski definition) is 3. The van der Waals surface area contributed by atoms with Crippen LogP contribution in [0.15, 0.2) is 0 Å². The molecule has 0 spiro atoms. The number of nitrogens with two attached hydrogens (primary N) is 2. The Hall–Kier alpha value is -0.810. The molecule has 0 aromatic rings. The Kier molecular flexibility index (Phi) is 3.11. The molecule has 0 heterocycles. The molecule has 5 heteroatoms. The third-order valence-electron chi connectivity index (χ3n) is 2.85. The Bertz CT molecular complexity index is 189. The predicted octanol–water partition coefficient (Wildman–Crippen LogP) is 0.468. The average molecular weight is 186 g/mol. The minimum Gasteiger partial charge on any atom is -0.275 e. The summed E-state index contributed by atoms with van der Waals surface area (Å²) in [6.45, 7) is 2.00. The van der Waals surface area contributed by atoms with Crippen LogP contribution in [0, 0.1) is 0 Å². The van der Waals surface area contributed by atoms with E-state index in [0.29, 0.717) is 0 Å². The number of hydrogen-bond donors (Lipinski definition) is 3. The highest BCUT2D eigenvalue weighted by Crippen LogP contribution is 2.31. The topological polar surface area (TPSA) is 84.4 Å². The van der Waals surface area contributed by atoms with Crippen LogP contribution in [0.1, 0.15) is 39.0 Å². The smallest absolute Gasteiger partial charge is 0.275 e. The van der Waals surface area contributed by atoms with Gasteiger partial charge >= 0.3 is 6.03 Å². The number of rotatable bonds is 1. The zero-order valence-electron chi connectivity index (χ0n) is 8.05. The van der Waals surface area contributed by atoms with Crippen molar-refractivity contribution in [2.45, 2.75) is 44.6 Å². The molecule has 1 saturated carbocycles. The van der Waals surface area contributed by atoms with Gasteiger partial charge in [-0.15, -0.1) is 0 Å². The van der Waals surface area contributed by atoms with Gasteiger partial charge in [-0.25, -0.2) is 16.5 Å². The second-order valence-electron chi connectivity index (χ2n) is 3.88. The normalized spacial score (nSPS) is 20.8. The Balaban J connectivity index is 2.61. The first-order valence-corrected chi connectivity index (χ1v) is 4.66. The van der Waals surface area contributed by atoms with Crippen LogP contribution >= 0.6 is 0 Å². The van der Waals surface area contributed by atoms with E-state index in [1.54, 1.807) is 0 Å². The number of nitrogens with one attached hydrogen (secondary N) is 1. The SMILES string of the molecule is CC1(N(N)C(=O)NN)CCCCC1. The first kappa shape index (κ1) is 10.3. The lowest BCUT2D eigenvalue weighted by Crippen LogP contribution is -2.59. The van der Waals surface area contributed by atoms with Crippen molar-refractivity contribution in [1.82, 2.24) is 10.4 Å². The molecule has 5 nitrogen and oxygen atoms in total. The molecule has 0 aromatic carbocycles. The maximum absolute atomic E-state index is 11.2. The fourth-order valence-electron chi connectivity index (χ4n) is 1.87. The van der Waals surface area contributed by atoms with Gasteiger partial charge in [0.15, 0.2) is 0 Å². The second kappa shape index (κ2) is 3.93. The molecule has 1 fully saturated rings. The molecular formula is C8H18N4O. The summed E-state index contributed by atoms with van der Waals surface area (Å²) >= 11 is 0. The van der Waals surface area contributed by atoms with E-state index in [-0.39, 0.29) is 5.54 Å². The molecule has 1 rings (SSSR count). The molecule has 1 aliphatic carbocycles. The standard InChI is InChI=1S/C8H18N4O/c1-8(5-3-2-4-6-8)12(10)7(13)11-9/h2-6,9-10H2,1H3,(H,11,13). The fraction of sp³-hybridized carbons (Fsp3) is 0.875. The van der Waals surface area contributed by atoms with Gasteiger partial charge < -0.3 is 0 Å². The molecule has 0 aliphatic heterocycles. The summed E-state index contributed by atoms with van der Waals surface area (Å²) in [5, 5.41) is 1.23. The van der Waals surface area contributed by atoms with E-state index >= 15 is 0 Å². The first-order valence-electron chi connectivity index (χ1n) is 4.66. The quantitative estimate of drug-likeness (QED) is 0.316. The number of carbonyl (C=O) groups is 1. The summed E-state index contributed by atoms with van der Waals surface area (Å²) in [7, 11) is 0. The van der Waals surface area contributed by atoms with Crippen molar-refractivity contribution in [2.75, 3.05) is 0 Å². The zero-order valence-corrected chi connectivity index (χ0v) is 8.05. The van der Waals surface area contributed by atoms with E-state index in [2.05, 4.69) is 0 Å². The first-order chi connectivity index (χ1) is 6.10. The summed E-state index contributed by atoms with van der Waals surface area (Å²) in [5.74, 6) is 10.7. The molecule has 2 amide bonds. The third-order valence-corrected chi connectivity index (χ3v) is 2.85. The third kappa shape index (κ3) is 2.10. The summed E-state index contributed by atoms with van der Waals surface area (Å²) in [4.78, 5) is 11.2. The summed E-state index contributed by atoms with van der Waals surface area (Å²) in [6, 6.07) is -0.413. The highest BCUT2D eigenvalue weighted by atomic mass is 16.2. The van der Waals surface area contributed by atoms with Crippen LogP contribution in [-0.4, -0.2) is 16.6 Å². The molecule has 13 heavy (non-hydrogen) atoms. The van der Waals surface area contributed by atoms with Crippen LogP contribution in [0.2, 0.25) is 0 Å². The molecule has 0 radical (unpaired) electrons. The van der Waals surface area contributed by atoms with Crippen molar-refractivity contribution in [2.24, 2.45) is 11.7 Å². The van der Waals surface area contributed by atoms with Crippen molar-refractivity contribution in [3.63, 3.8) is 0 Å². The molecule has 76 valence electrons. The van der Waals surface area contributed by atoms with Gasteiger partial charge in [0.25, 0.3) is 0 Å². The van der Waals surface area contributed by atoms with Gasteiger partial charge in [-0.2, -0.15) is 0 Å². The molecule has 0 atom stereocenters. The lowest BCUT2D eigenvalue weighted by molar-refractivity contribution is 0.0920. The average Bonchev–Trinajstić information content (AvgIpc) is 2.16. The molecule has 0 unspecified atom stereocenters. The van der Waals surface area contributed by atoms with Gasteiger partial charge in [0.05, 0.1) is 5.54 Å². The van der Waals surface area contributed by atoms with Gasteiger partial charge in [0.1, 0.15) is 0 Å². The number of urea groups is 1. The monoisotopic (exact) mass is 186 g/mol. The summed E-state index contributed by atoms with van der Waals surface area (Å²) in [5.41, 5.74) is 1.83. The Morgan fingerprint density at radius 2 is 1.92 bits per heavy atom. The highest BCUT2D eigenvalue weighted by molar-refractivity contribution is 5.73. The van der Waals surface area contributed by atoms with Crippen LogP contribution in [0.5, 0.6) is 0 Å². The highest BCUT2D eigenvalue weighted by Gasteiger charge is 2.34. The van der Waals surface area contributed by atoms with Gasteiger partial charge in [-0.3, -0.25) is 10.4 Å².